The van der Waals surface area contributed by atoms with E-state index in [1.54, 1.807) is 31.3 Å². The Balaban J connectivity index is 0.000000230. The molecule has 59 heavy (non-hydrogen) atoms. The molecule has 316 valence electrons. The Bertz CT molecular complexity index is 2280. The van der Waals surface area contributed by atoms with E-state index in [9.17, 15) is 13.6 Å². The minimum absolute atomic E-state index is 0.292. The van der Waals surface area contributed by atoms with E-state index in [2.05, 4.69) is 57.6 Å². The maximum Gasteiger partial charge on any atom is 0.410 e. The van der Waals surface area contributed by atoms with Crippen molar-refractivity contribution in [1.82, 2.24) is 30.6 Å². The van der Waals surface area contributed by atoms with Gasteiger partial charge in [0.05, 0.1) is 24.2 Å². The summed E-state index contributed by atoms with van der Waals surface area (Å²) in [7, 11) is 3.60. The quantitative estimate of drug-likeness (QED) is 0.0720. The number of halogens is 4. The van der Waals surface area contributed by atoms with Gasteiger partial charge in [0.1, 0.15) is 53.3 Å². The zero-order valence-corrected chi connectivity index (χ0v) is 37.0. The number of nitrogens with zero attached hydrogens (tertiary/aromatic N) is 3. The predicted molar refractivity (Wildman–Crippen MR) is 233 cm³/mol. The SMILES string of the molecule is CN(CCCOCCOc1ccc(-c2n[nH]c3cc(Br)ccc23)c(F)c1)C(=O)OC(C)(C)C.CNCCCOCCOc1ccc(-c2n[nH]c3cc(Br)ccc23)c(F)c1. The minimum atomic E-state index is -0.514. The number of ether oxygens (including phenoxy) is 5. The van der Waals surface area contributed by atoms with Crippen molar-refractivity contribution in [3.63, 3.8) is 0 Å². The second kappa shape index (κ2) is 22.1. The van der Waals surface area contributed by atoms with Crippen molar-refractivity contribution in [2.75, 3.05) is 66.8 Å². The van der Waals surface area contributed by atoms with Crippen LogP contribution in [-0.2, 0) is 14.2 Å². The van der Waals surface area contributed by atoms with Gasteiger partial charge in [-0.25, -0.2) is 13.6 Å². The van der Waals surface area contributed by atoms with Crippen molar-refractivity contribution in [2.24, 2.45) is 0 Å². The van der Waals surface area contributed by atoms with Gasteiger partial charge < -0.3 is 33.9 Å². The Morgan fingerprint density at radius 3 is 1.66 bits per heavy atom. The molecular weight excluding hydrogens is 894 g/mol. The Morgan fingerprint density at radius 1 is 0.712 bits per heavy atom. The molecule has 0 aliphatic heterocycles. The molecule has 6 rings (SSSR count). The Labute approximate surface area is 359 Å². The van der Waals surface area contributed by atoms with E-state index in [4.69, 9.17) is 23.7 Å². The molecular formula is C43H50Br2F2N6O6. The van der Waals surface area contributed by atoms with E-state index in [1.807, 2.05) is 64.2 Å². The van der Waals surface area contributed by atoms with Crippen LogP contribution in [0.1, 0.15) is 33.6 Å². The lowest BCUT2D eigenvalue weighted by Gasteiger charge is -2.24. The van der Waals surface area contributed by atoms with E-state index in [1.165, 1.54) is 17.0 Å². The monoisotopic (exact) mass is 942 g/mol. The van der Waals surface area contributed by atoms with E-state index in [0.717, 1.165) is 43.7 Å². The van der Waals surface area contributed by atoms with Gasteiger partial charge >= 0.3 is 6.09 Å². The molecule has 2 aromatic heterocycles. The van der Waals surface area contributed by atoms with Crippen LogP contribution >= 0.6 is 31.9 Å². The van der Waals surface area contributed by atoms with Crippen LogP contribution in [0.2, 0.25) is 0 Å². The number of aromatic amines is 2. The van der Waals surface area contributed by atoms with Gasteiger partial charge in [0.25, 0.3) is 0 Å². The van der Waals surface area contributed by atoms with Crippen molar-refractivity contribution in [3.05, 3.63) is 93.4 Å². The van der Waals surface area contributed by atoms with E-state index in [-0.39, 0.29) is 11.9 Å². The first-order chi connectivity index (χ1) is 28.3. The summed E-state index contributed by atoms with van der Waals surface area (Å²) in [6.07, 6.45) is 1.27. The van der Waals surface area contributed by atoms with E-state index >= 15 is 0 Å². The van der Waals surface area contributed by atoms with Crippen LogP contribution in [0.5, 0.6) is 11.5 Å². The highest BCUT2D eigenvalue weighted by Crippen LogP contribution is 2.33. The molecule has 0 saturated carbocycles. The number of aromatic nitrogens is 4. The number of rotatable bonds is 18. The molecule has 4 aromatic carbocycles. The molecule has 2 heterocycles. The maximum atomic E-state index is 14.7. The third kappa shape index (κ3) is 13.7. The fourth-order valence-corrected chi connectivity index (χ4v) is 6.50. The highest BCUT2D eigenvalue weighted by Gasteiger charge is 2.19. The number of hydrogen-bond donors (Lipinski definition) is 3. The lowest BCUT2D eigenvalue weighted by Crippen LogP contribution is -2.35. The topological polar surface area (TPSA) is 136 Å². The molecule has 6 aromatic rings. The van der Waals surface area contributed by atoms with Crippen LogP contribution in [0.25, 0.3) is 44.3 Å². The van der Waals surface area contributed by atoms with Crippen LogP contribution in [0.3, 0.4) is 0 Å². The summed E-state index contributed by atoms with van der Waals surface area (Å²) in [5, 5.41) is 19.2. The van der Waals surface area contributed by atoms with E-state index < -0.39 is 11.4 Å². The summed E-state index contributed by atoms with van der Waals surface area (Å²) in [6.45, 7) is 9.63. The van der Waals surface area contributed by atoms with Crippen molar-refractivity contribution >= 4 is 59.8 Å². The van der Waals surface area contributed by atoms with Crippen molar-refractivity contribution in [1.29, 1.82) is 0 Å². The van der Waals surface area contributed by atoms with Crippen molar-refractivity contribution < 1.29 is 37.3 Å². The summed E-state index contributed by atoms with van der Waals surface area (Å²) in [5.74, 6) is 0.128. The first-order valence-electron chi connectivity index (χ1n) is 19.2. The minimum Gasteiger partial charge on any atom is -0.491 e. The lowest BCUT2D eigenvalue weighted by molar-refractivity contribution is 0.0274. The second-order valence-electron chi connectivity index (χ2n) is 14.4. The first-order valence-corrected chi connectivity index (χ1v) is 20.8. The maximum absolute atomic E-state index is 14.7. The molecule has 0 aliphatic carbocycles. The Morgan fingerprint density at radius 2 is 1.20 bits per heavy atom. The third-order valence-corrected chi connectivity index (χ3v) is 9.62. The summed E-state index contributed by atoms with van der Waals surface area (Å²) in [6, 6.07) is 21.0. The Kier molecular flexibility index (Phi) is 17.1. The van der Waals surface area contributed by atoms with Crippen LogP contribution in [0, 0.1) is 11.6 Å². The molecule has 0 saturated heterocycles. The summed E-state index contributed by atoms with van der Waals surface area (Å²) in [5.41, 5.74) is 3.15. The standard InChI is InChI=1S/C24H29BrFN3O4.C19H21BrFN3O2/c1-24(2,3)33-23(30)29(4)10-5-11-31-12-13-32-17-7-9-18(20(26)15-17)22-19-8-6-16(25)14-21(19)27-28-22;1-22-7-2-8-25-9-10-26-14-4-6-15(17(21)12-14)19-16-5-3-13(20)11-18(16)23-24-19/h6-9,14-15H,5,10-13H2,1-4H3,(H,27,28);3-6,11-12,22H,2,7-10H2,1H3,(H,23,24). The molecule has 0 spiro atoms. The number of H-pyrrole nitrogens is 2. The molecule has 16 heteroatoms. The zero-order valence-electron chi connectivity index (χ0n) is 33.8. The smallest absolute Gasteiger partial charge is 0.410 e. The first kappa shape index (κ1) is 45.5. The average Bonchev–Trinajstić information content (AvgIpc) is 3.80. The highest BCUT2D eigenvalue weighted by molar-refractivity contribution is 9.10. The van der Waals surface area contributed by atoms with Crippen molar-refractivity contribution in [3.8, 4) is 34.0 Å². The molecule has 1 amide bonds. The third-order valence-electron chi connectivity index (χ3n) is 8.64. The largest absolute Gasteiger partial charge is 0.491 e. The number of benzene rings is 4. The lowest BCUT2D eigenvalue weighted by atomic mass is 10.1. The molecule has 0 radical (unpaired) electrons. The van der Waals surface area contributed by atoms with Gasteiger partial charge in [-0.3, -0.25) is 10.2 Å². The van der Waals surface area contributed by atoms with Gasteiger partial charge in [-0.05, 0) is 108 Å². The van der Waals surface area contributed by atoms with Crippen molar-refractivity contribution in [2.45, 2.75) is 39.2 Å². The molecule has 12 nitrogen and oxygen atoms in total. The second-order valence-corrected chi connectivity index (χ2v) is 16.3. The molecule has 0 bridgehead atoms. The van der Waals surface area contributed by atoms with Gasteiger partial charge in [-0.1, -0.05) is 31.9 Å². The Hall–Kier alpha value is -4.61. The van der Waals surface area contributed by atoms with Gasteiger partial charge in [0.15, 0.2) is 0 Å². The number of carbonyl (C=O) groups excluding carboxylic acids is 1. The average molecular weight is 945 g/mol. The predicted octanol–water partition coefficient (Wildman–Crippen LogP) is 9.92. The number of carbonyl (C=O) groups is 1. The fraction of sp³-hybridized carbons (Fsp3) is 0.372. The molecule has 3 N–H and O–H groups in total. The summed E-state index contributed by atoms with van der Waals surface area (Å²) >= 11 is 6.84. The van der Waals surface area contributed by atoms with E-state index in [0.29, 0.717) is 86.6 Å². The number of amides is 1. The molecule has 0 unspecified atom stereocenters. The van der Waals surface area contributed by atoms with Crippen LogP contribution < -0.4 is 14.8 Å². The molecule has 0 atom stereocenters. The normalized spacial score (nSPS) is 11.4. The zero-order chi connectivity index (χ0) is 42.4. The number of fused-ring (bicyclic) bond motifs is 2. The van der Waals surface area contributed by atoms with Crippen LogP contribution in [-0.4, -0.2) is 104 Å². The number of nitrogens with one attached hydrogen (secondary N) is 3. The summed E-state index contributed by atoms with van der Waals surface area (Å²) in [4.78, 5) is 13.4. The van der Waals surface area contributed by atoms with Crippen LogP contribution in [0.4, 0.5) is 13.6 Å². The molecule has 0 aliphatic rings. The molecule has 0 fully saturated rings. The van der Waals surface area contributed by atoms with Gasteiger partial charge in [0, 0.05) is 69.8 Å². The van der Waals surface area contributed by atoms with Gasteiger partial charge in [-0.15, -0.1) is 0 Å². The highest BCUT2D eigenvalue weighted by atomic mass is 79.9. The summed E-state index contributed by atoms with van der Waals surface area (Å²) < 4.78 is 58.6. The van der Waals surface area contributed by atoms with Crippen LogP contribution in [0.15, 0.2) is 81.7 Å². The van der Waals surface area contributed by atoms with Gasteiger partial charge in [-0.2, -0.15) is 10.2 Å². The number of hydrogen-bond acceptors (Lipinski definition) is 9. The van der Waals surface area contributed by atoms with Gasteiger partial charge in [0.2, 0.25) is 0 Å². The fourth-order valence-electron chi connectivity index (χ4n) is 5.78.